The normalized spacial score (nSPS) is 17.3. The quantitative estimate of drug-likeness (QED) is 0.677. The van der Waals surface area contributed by atoms with Crippen LogP contribution in [0.1, 0.15) is 41.0 Å². The SMILES string of the molecule is CC(C)CS(=O)(=O)NCCc1nc2c(s1)CCNC2Cc1ccc(Cl)cc1. The zero-order valence-electron chi connectivity index (χ0n) is 15.7. The first-order valence-corrected chi connectivity index (χ1v) is 12.1. The lowest BCUT2D eigenvalue weighted by atomic mass is 9.99. The molecule has 2 N–H and O–H groups in total. The minimum atomic E-state index is -3.20. The van der Waals surface area contributed by atoms with Gasteiger partial charge in [-0.05, 0) is 36.5 Å². The molecule has 0 amide bonds. The van der Waals surface area contributed by atoms with Crippen molar-refractivity contribution in [1.82, 2.24) is 15.0 Å². The Bertz CT molecular complexity index is 864. The highest BCUT2D eigenvalue weighted by Gasteiger charge is 2.24. The van der Waals surface area contributed by atoms with Gasteiger partial charge in [0.1, 0.15) is 0 Å². The molecule has 1 atom stereocenters. The van der Waals surface area contributed by atoms with Crippen LogP contribution in [0.3, 0.4) is 0 Å². The fourth-order valence-corrected chi connectivity index (χ4v) is 5.93. The van der Waals surface area contributed by atoms with Crippen LogP contribution in [0.4, 0.5) is 0 Å². The highest BCUT2D eigenvalue weighted by Crippen LogP contribution is 2.30. The standard InChI is InChI=1S/C19H26ClN3O2S2/c1-13(2)12-27(24,25)22-10-8-18-23-19-16(21-9-7-17(19)26-18)11-14-3-5-15(20)6-4-14/h3-6,13,16,21-22H,7-12H2,1-2H3. The highest BCUT2D eigenvalue weighted by molar-refractivity contribution is 7.89. The molecule has 0 fully saturated rings. The van der Waals surface area contributed by atoms with Gasteiger partial charge in [-0.1, -0.05) is 37.6 Å². The number of nitrogens with one attached hydrogen (secondary N) is 2. The van der Waals surface area contributed by atoms with Crippen molar-refractivity contribution < 1.29 is 8.42 Å². The number of fused-ring (bicyclic) bond motifs is 1. The van der Waals surface area contributed by atoms with Gasteiger partial charge in [0.05, 0.1) is 22.5 Å². The molecule has 0 radical (unpaired) electrons. The van der Waals surface area contributed by atoms with Gasteiger partial charge in [-0.15, -0.1) is 11.3 Å². The third kappa shape index (κ3) is 5.99. The predicted molar refractivity (Wildman–Crippen MR) is 112 cm³/mol. The van der Waals surface area contributed by atoms with E-state index in [0.29, 0.717) is 13.0 Å². The molecule has 27 heavy (non-hydrogen) atoms. The summed E-state index contributed by atoms with van der Waals surface area (Å²) >= 11 is 7.68. The number of aromatic nitrogens is 1. The van der Waals surface area contributed by atoms with Crippen molar-refractivity contribution in [1.29, 1.82) is 0 Å². The molecule has 1 aliphatic rings. The second-order valence-corrected chi connectivity index (χ2v) is 10.8. The zero-order chi connectivity index (χ0) is 19.4. The Morgan fingerprint density at radius 3 is 2.78 bits per heavy atom. The largest absolute Gasteiger partial charge is 0.308 e. The number of benzene rings is 1. The first-order valence-electron chi connectivity index (χ1n) is 9.26. The molecule has 2 aromatic rings. The van der Waals surface area contributed by atoms with Crippen molar-refractivity contribution in [2.24, 2.45) is 5.92 Å². The third-order valence-electron chi connectivity index (χ3n) is 4.41. The lowest BCUT2D eigenvalue weighted by Crippen LogP contribution is -2.31. The minimum absolute atomic E-state index is 0.120. The Balaban J connectivity index is 1.62. The van der Waals surface area contributed by atoms with E-state index >= 15 is 0 Å². The number of hydrogen-bond donors (Lipinski definition) is 2. The minimum Gasteiger partial charge on any atom is -0.308 e. The molecule has 0 saturated carbocycles. The molecule has 8 heteroatoms. The molecule has 1 aromatic carbocycles. The summed E-state index contributed by atoms with van der Waals surface area (Å²) in [4.78, 5) is 6.13. The van der Waals surface area contributed by atoms with Crippen molar-refractivity contribution in [3.63, 3.8) is 0 Å². The van der Waals surface area contributed by atoms with E-state index in [1.165, 1.54) is 10.4 Å². The van der Waals surface area contributed by atoms with Gasteiger partial charge < -0.3 is 5.32 Å². The van der Waals surface area contributed by atoms with E-state index < -0.39 is 10.0 Å². The number of halogens is 1. The number of sulfonamides is 1. The van der Waals surface area contributed by atoms with Crippen LogP contribution in [0, 0.1) is 5.92 Å². The van der Waals surface area contributed by atoms with Gasteiger partial charge in [0.25, 0.3) is 0 Å². The molecule has 3 rings (SSSR count). The summed E-state index contributed by atoms with van der Waals surface area (Å²) in [5.74, 6) is 0.281. The number of nitrogens with zero attached hydrogens (tertiary/aromatic N) is 1. The molecule has 0 saturated heterocycles. The summed E-state index contributed by atoms with van der Waals surface area (Å²) in [6.45, 7) is 5.15. The predicted octanol–water partition coefficient (Wildman–Crippen LogP) is 3.34. The van der Waals surface area contributed by atoms with Crippen LogP contribution in [0.5, 0.6) is 0 Å². The molecule has 1 aromatic heterocycles. The molecular formula is C19H26ClN3O2S2. The number of rotatable bonds is 8. The first kappa shape index (κ1) is 20.7. The highest BCUT2D eigenvalue weighted by atomic mass is 35.5. The van der Waals surface area contributed by atoms with Gasteiger partial charge in [-0.2, -0.15) is 0 Å². The molecule has 0 aliphatic carbocycles. The fourth-order valence-electron chi connectivity index (χ4n) is 3.27. The summed E-state index contributed by atoms with van der Waals surface area (Å²) in [6.07, 6.45) is 2.47. The molecule has 5 nitrogen and oxygen atoms in total. The van der Waals surface area contributed by atoms with Crippen LogP contribution in [0.15, 0.2) is 24.3 Å². The fraction of sp³-hybridized carbons (Fsp3) is 0.526. The molecule has 1 aliphatic heterocycles. The summed E-state index contributed by atoms with van der Waals surface area (Å²) in [5, 5.41) is 5.29. The van der Waals surface area contributed by atoms with Crippen LogP contribution >= 0.6 is 22.9 Å². The zero-order valence-corrected chi connectivity index (χ0v) is 18.1. The van der Waals surface area contributed by atoms with Gasteiger partial charge in [0.15, 0.2) is 0 Å². The maximum absolute atomic E-state index is 12.0. The van der Waals surface area contributed by atoms with Gasteiger partial charge in [-0.25, -0.2) is 18.1 Å². The Hall–Kier alpha value is -0.990. The second kappa shape index (κ2) is 9.01. The third-order valence-corrected chi connectivity index (χ3v) is 7.60. The summed E-state index contributed by atoms with van der Waals surface area (Å²) in [6, 6.07) is 8.12. The summed E-state index contributed by atoms with van der Waals surface area (Å²) in [7, 11) is -3.20. The first-order chi connectivity index (χ1) is 12.8. The van der Waals surface area contributed by atoms with Crippen molar-refractivity contribution in [2.45, 2.75) is 39.2 Å². The Kier molecular flexibility index (Phi) is 6.92. The molecule has 148 valence electrons. The van der Waals surface area contributed by atoms with Crippen molar-refractivity contribution >= 4 is 33.0 Å². The number of thiazole rings is 1. The molecule has 1 unspecified atom stereocenters. The van der Waals surface area contributed by atoms with Crippen LogP contribution in [0.25, 0.3) is 0 Å². The van der Waals surface area contributed by atoms with E-state index in [-0.39, 0.29) is 17.7 Å². The topological polar surface area (TPSA) is 71.1 Å². The van der Waals surface area contributed by atoms with Gasteiger partial charge >= 0.3 is 0 Å². The average molecular weight is 428 g/mol. The van der Waals surface area contributed by atoms with E-state index in [9.17, 15) is 8.42 Å². The summed E-state index contributed by atoms with van der Waals surface area (Å²) < 4.78 is 26.6. The van der Waals surface area contributed by atoms with Crippen molar-refractivity contribution in [2.75, 3.05) is 18.8 Å². The van der Waals surface area contributed by atoms with Crippen LogP contribution in [-0.2, 0) is 29.3 Å². The van der Waals surface area contributed by atoms with Gasteiger partial charge in [-0.3, -0.25) is 0 Å². The molecule has 0 bridgehead atoms. The van der Waals surface area contributed by atoms with Gasteiger partial charge in [0, 0.05) is 29.4 Å². The lowest BCUT2D eigenvalue weighted by Gasteiger charge is -2.23. The van der Waals surface area contributed by atoms with E-state index in [2.05, 4.69) is 22.2 Å². The molecular weight excluding hydrogens is 402 g/mol. The Morgan fingerprint density at radius 1 is 1.33 bits per heavy atom. The van der Waals surface area contributed by atoms with E-state index in [1.54, 1.807) is 11.3 Å². The Morgan fingerprint density at radius 2 is 2.07 bits per heavy atom. The number of hydrogen-bond acceptors (Lipinski definition) is 5. The lowest BCUT2D eigenvalue weighted by molar-refractivity contribution is 0.495. The van der Waals surface area contributed by atoms with E-state index in [4.69, 9.17) is 16.6 Å². The molecule has 0 spiro atoms. The van der Waals surface area contributed by atoms with Crippen molar-refractivity contribution in [3.8, 4) is 0 Å². The van der Waals surface area contributed by atoms with Crippen LogP contribution < -0.4 is 10.0 Å². The molecule has 2 heterocycles. The van der Waals surface area contributed by atoms with Crippen molar-refractivity contribution in [3.05, 3.63) is 50.4 Å². The van der Waals surface area contributed by atoms with E-state index in [1.807, 2.05) is 26.0 Å². The maximum Gasteiger partial charge on any atom is 0.211 e. The average Bonchev–Trinajstić information content (AvgIpc) is 2.99. The summed E-state index contributed by atoms with van der Waals surface area (Å²) in [5.41, 5.74) is 2.34. The van der Waals surface area contributed by atoms with Crippen LogP contribution in [-0.4, -0.2) is 32.2 Å². The second-order valence-electron chi connectivity index (χ2n) is 7.32. The Labute approximate surface area is 170 Å². The maximum atomic E-state index is 12.0. The van der Waals surface area contributed by atoms with Gasteiger partial charge in [0.2, 0.25) is 10.0 Å². The van der Waals surface area contributed by atoms with E-state index in [0.717, 1.165) is 35.1 Å². The van der Waals surface area contributed by atoms with Crippen LogP contribution in [0.2, 0.25) is 5.02 Å². The monoisotopic (exact) mass is 427 g/mol. The smallest absolute Gasteiger partial charge is 0.211 e.